The van der Waals surface area contributed by atoms with Gasteiger partial charge in [-0.2, -0.15) is 0 Å². The molecular formula is C25H32N2O5. The SMILES string of the molecule is O=C1[C@H]2[C@H]3[C@H](O)[C@H](O)CC(=NOCc4ccccc4)[C@@H]3CC[C@H]2C(=O)N1C1CCCCC1. The van der Waals surface area contributed by atoms with Crippen molar-refractivity contribution in [2.45, 2.75) is 76.2 Å². The number of amides is 2. The van der Waals surface area contributed by atoms with Gasteiger partial charge in [-0.3, -0.25) is 14.5 Å². The molecule has 172 valence electrons. The Kier molecular flexibility index (Phi) is 6.03. The van der Waals surface area contributed by atoms with Crippen molar-refractivity contribution >= 4 is 17.5 Å². The molecule has 2 N–H and O–H groups in total. The number of carbonyl (C=O) groups is 2. The third-order valence-corrected chi connectivity index (χ3v) is 8.01. The van der Waals surface area contributed by atoms with Gasteiger partial charge in [0.05, 0.1) is 29.8 Å². The smallest absolute Gasteiger partial charge is 0.233 e. The van der Waals surface area contributed by atoms with E-state index in [1.165, 1.54) is 4.90 Å². The normalized spacial score (nSPS) is 36.8. The number of imide groups is 1. The van der Waals surface area contributed by atoms with Gasteiger partial charge in [-0.15, -0.1) is 0 Å². The maximum atomic E-state index is 13.5. The monoisotopic (exact) mass is 440 g/mol. The van der Waals surface area contributed by atoms with Crippen LogP contribution in [0.15, 0.2) is 35.5 Å². The van der Waals surface area contributed by atoms with Crippen molar-refractivity contribution in [1.82, 2.24) is 4.90 Å². The molecule has 2 amide bonds. The molecule has 5 rings (SSSR count). The third kappa shape index (κ3) is 3.75. The summed E-state index contributed by atoms with van der Waals surface area (Å²) in [7, 11) is 0. The Labute approximate surface area is 188 Å². The number of carbonyl (C=O) groups excluding carboxylic acids is 2. The van der Waals surface area contributed by atoms with Gasteiger partial charge in [-0.25, -0.2) is 0 Å². The van der Waals surface area contributed by atoms with Crippen LogP contribution in [0.5, 0.6) is 0 Å². The predicted octanol–water partition coefficient (Wildman–Crippen LogP) is 2.64. The average Bonchev–Trinajstić information content (AvgIpc) is 3.08. The molecule has 0 unspecified atom stereocenters. The summed E-state index contributed by atoms with van der Waals surface area (Å²) in [6.07, 6.45) is 4.43. The van der Waals surface area contributed by atoms with Crippen LogP contribution in [0.3, 0.4) is 0 Å². The van der Waals surface area contributed by atoms with Gasteiger partial charge in [0.2, 0.25) is 11.8 Å². The average molecular weight is 441 g/mol. The van der Waals surface area contributed by atoms with E-state index in [0.717, 1.165) is 37.7 Å². The molecule has 0 radical (unpaired) electrons. The van der Waals surface area contributed by atoms with Crippen LogP contribution >= 0.6 is 0 Å². The van der Waals surface area contributed by atoms with Crippen molar-refractivity contribution in [1.29, 1.82) is 0 Å². The summed E-state index contributed by atoms with van der Waals surface area (Å²) in [5, 5.41) is 25.9. The van der Waals surface area contributed by atoms with Gasteiger partial charge in [-0.1, -0.05) is 54.8 Å². The highest BCUT2D eigenvalue weighted by molar-refractivity contribution is 6.06. The number of aliphatic hydroxyl groups is 2. The van der Waals surface area contributed by atoms with E-state index < -0.39 is 30.0 Å². The van der Waals surface area contributed by atoms with Gasteiger partial charge in [-0.05, 0) is 31.2 Å². The molecular weight excluding hydrogens is 408 g/mol. The molecule has 1 saturated heterocycles. The third-order valence-electron chi connectivity index (χ3n) is 8.01. The van der Waals surface area contributed by atoms with E-state index in [1.54, 1.807) is 0 Å². The topological polar surface area (TPSA) is 99.4 Å². The Morgan fingerprint density at radius 2 is 1.66 bits per heavy atom. The lowest BCUT2D eigenvalue weighted by atomic mass is 9.60. The molecule has 0 aromatic heterocycles. The minimum absolute atomic E-state index is 0.0131. The first-order valence-corrected chi connectivity index (χ1v) is 12.0. The Morgan fingerprint density at radius 1 is 0.938 bits per heavy atom. The first kappa shape index (κ1) is 21.6. The van der Waals surface area contributed by atoms with Crippen molar-refractivity contribution in [2.75, 3.05) is 0 Å². The van der Waals surface area contributed by atoms with Crippen molar-refractivity contribution in [3.05, 3.63) is 35.9 Å². The summed E-state index contributed by atoms with van der Waals surface area (Å²) in [5.74, 6) is -1.85. The number of rotatable bonds is 4. The summed E-state index contributed by atoms with van der Waals surface area (Å²) in [5.41, 5.74) is 1.69. The lowest BCUT2D eigenvalue weighted by Crippen LogP contribution is -2.54. The zero-order chi connectivity index (χ0) is 22.2. The minimum atomic E-state index is -1.04. The minimum Gasteiger partial charge on any atom is -0.391 e. The van der Waals surface area contributed by atoms with Crippen molar-refractivity contribution in [3.63, 3.8) is 0 Å². The molecule has 4 fully saturated rings. The first-order chi connectivity index (χ1) is 15.6. The molecule has 3 aliphatic carbocycles. The van der Waals surface area contributed by atoms with Crippen LogP contribution in [0, 0.1) is 23.7 Å². The van der Waals surface area contributed by atoms with E-state index >= 15 is 0 Å². The molecule has 1 aromatic carbocycles. The summed E-state index contributed by atoms with van der Waals surface area (Å²) >= 11 is 0. The molecule has 0 bridgehead atoms. The second-order valence-electron chi connectivity index (χ2n) is 9.84. The Bertz CT molecular complexity index is 882. The second kappa shape index (κ2) is 8.94. The molecule has 6 atom stereocenters. The van der Waals surface area contributed by atoms with Gasteiger partial charge < -0.3 is 15.1 Å². The standard InChI is InChI=1S/C25H32N2O5/c28-20-13-19(26-32-14-15-7-3-1-4-8-15)17-11-12-18-22(21(17)23(20)29)25(31)27(24(18)30)16-9-5-2-6-10-16/h1,3-4,7-8,16-18,20-23,28-29H,2,5-6,9-14H2/t17-,18+,20+,21-,22+,23+/m0/s1. The molecule has 0 spiro atoms. The highest BCUT2D eigenvalue weighted by atomic mass is 16.6. The van der Waals surface area contributed by atoms with Crippen molar-refractivity contribution in [3.8, 4) is 0 Å². The fourth-order valence-corrected chi connectivity index (χ4v) is 6.46. The Hall–Kier alpha value is -2.25. The zero-order valence-corrected chi connectivity index (χ0v) is 18.3. The lowest BCUT2D eigenvalue weighted by Gasteiger charge is -2.45. The zero-order valence-electron chi connectivity index (χ0n) is 18.3. The number of hydrogen-bond donors (Lipinski definition) is 2. The molecule has 1 aromatic rings. The summed E-state index contributed by atoms with van der Waals surface area (Å²) in [6, 6.07) is 9.70. The van der Waals surface area contributed by atoms with E-state index in [1.807, 2.05) is 30.3 Å². The highest BCUT2D eigenvalue weighted by Gasteiger charge is 2.60. The maximum Gasteiger partial charge on any atom is 0.233 e. The maximum absolute atomic E-state index is 13.5. The highest BCUT2D eigenvalue weighted by Crippen LogP contribution is 2.50. The van der Waals surface area contributed by atoms with Crippen LogP contribution in [0.2, 0.25) is 0 Å². The number of benzene rings is 1. The van der Waals surface area contributed by atoms with Gasteiger partial charge in [0.15, 0.2) is 0 Å². The largest absolute Gasteiger partial charge is 0.391 e. The van der Waals surface area contributed by atoms with E-state index in [9.17, 15) is 19.8 Å². The van der Waals surface area contributed by atoms with Crippen LogP contribution in [0.4, 0.5) is 0 Å². The molecule has 1 heterocycles. The molecule has 7 heteroatoms. The van der Waals surface area contributed by atoms with E-state index in [2.05, 4.69) is 5.16 Å². The van der Waals surface area contributed by atoms with E-state index in [4.69, 9.17) is 4.84 Å². The summed E-state index contributed by atoms with van der Waals surface area (Å²) in [6.45, 7) is 0.319. The lowest BCUT2D eigenvalue weighted by molar-refractivity contribution is -0.145. The molecule has 1 aliphatic heterocycles. The molecule has 7 nitrogen and oxygen atoms in total. The van der Waals surface area contributed by atoms with Gasteiger partial charge >= 0.3 is 0 Å². The Balaban J connectivity index is 1.37. The summed E-state index contributed by atoms with van der Waals surface area (Å²) in [4.78, 5) is 33.9. The van der Waals surface area contributed by atoms with Gasteiger partial charge in [0.25, 0.3) is 0 Å². The molecule has 4 aliphatic rings. The van der Waals surface area contributed by atoms with E-state index in [0.29, 0.717) is 25.2 Å². The number of aliphatic hydroxyl groups excluding tert-OH is 2. The number of oxime groups is 1. The van der Waals surface area contributed by atoms with Crippen LogP contribution < -0.4 is 0 Å². The van der Waals surface area contributed by atoms with Crippen LogP contribution in [0.25, 0.3) is 0 Å². The second-order valence-corrected chi connectivity index (χ2v) is 9.84. The predicted molar refractivity (Wildman–Crippen MR) is 117 cm³/mol. The fraction of sp³-hybridized carbons (Fsp3) is 0.640. The number of nitrogens with zero attached hydrogens (tertiary/aromatic N) is 2. The number of likely N-dealkylation sites (tertiary alicyclic amines) is 1. The molecule has 32 heavy (non-hydrogen) atoms. The van der Waals surface area contributed by atoms with Crippen molar-refractivity contribution < 1.29 is 24.6 Å². The number of fused-ring (bicyclic) bond motifs is 3. The van der Waals surface area contributed by atoms with Crippen LogP contribution in [0.1, 0.15) is 56.9 Å². The van der Waals surface area contributed by atoms with Gasteiger partial charge in [0.1, 0.15) is 6.61 Å². The fourth-order valence-electron chi connectivity index (χ4n) is 6.46. The van der Waals surface area contributed by atoms with Gasteiger partial charge in [0, 0.05) is 24.3 Å². The Morgan fingerprint density at radius 3 is 2.41 bits per heavy atom. The molecule has 3 saturated carbocycles. The van der Waals surface area contributed by atoms with Crippen LogP contribution in [-0.2, 0) is 21.0 Å². The first-order valence-electron chi connectivity index (χ1n) is 12.0. The van der Waals surface area contributed by atoms with Crippen molar-refractivity contribution in [2.24, 2.45) is 28.8 Å². The van der Waals surface area contributed by atoms with Crippen LogP contribution in [-0.4, -0.2) is 50.9 Å². The quantitative estimate of drug-likeness (QED) is 0.554. The van der Waals surface area contributed by atoms with E-state index in [-0.39, 0.29) is 30.2 Å². The number of hydrogen-bond acceptors (Lipinski definition) is 6. The summed E-state index contributed by atoms with van der Waals surface area (Å²) < 4.78 is 0.